The third-order valence-corrected chi connectivity index (χ3v) is 2.86. The molecule has 0 radical (unpaired) electrons. The number of nitrogens with one attached hydrogen (secondary N) is 1. The number of hydrogen-bond donors (Lipinski definition) is 1. The molecule has 2 aromatic rings. The molecule has 0 aliphatic carbocycles. The molecule has 0 spiro atoms. The van der Waals surface area contributed by atoms with Gasteiger partial charge in [-0.2, -0.15) is 0 Å². The predicted octanol–water partition coefficient (Wildman–Crippen LogP) is 3.80. The minimum Gasteiger partial charge on any atom is -0.483 e. The van der Waals surface area contributed by atoms with Crippen LogP contribution in [-0.4, -0.2) is 6.04 Å². The first-order chi connectivity index (χ1) is 9.54. The molecule has 0 unspecified atom stereocenters. The van der Waals surface area contributed by atoms with Crippen LogP contribution in [0.25, 0.3) is 0 Å². The lowest BCUT2D eigenvalue weighted by atomic mass is 10.2. The van der Waals surface area contributed by atoms with E-state index in [9.17, 15) is 4.39 Å². The quantitative estimate of drug-likeness (QED) is 0.872. The zero-order valence-electron chi connectivity index (χ0n) is 12.1. The number of hydrogen-bond acceptors (Lipinski definition) is 3. The summed E-state index contributed by atoms with van der Waals surface area (Å²) in [7, 11) is 0. The summed E-state index contributed by atoms with van der Waals surface area (Å²) in [5.74, 6) is 1.43. The van der Waals surface area contributed by atoms with Gasteiger partial charge in [0.2, 0.25) is 0 Å². The molecule has 2 rings (SSSR count). The van der Waals surface area contributed by atoms with E-state index in [1.54, 1.807) is 12.1 Å². The maximum atomic E-state index is 13.5. The molecule has 3 nitrogen and oxygen atoms in total. The fraction of sp³-hybridized carbons (Fsp3) is 0.375. The average Bonchev–Trinajstić information content (AvgIpc) is 2.85. The molecule has 4 heteroatoms. The van der Waals surface area contributed by atoms with Crippen LogP contribution in [0.3, 0.4) is 0 Å². The second kappa shape index (κ2) is 6.57. The largest absolute Gasteiger partial charge is 0.483 e. The highest BCUT2D eigenvalue weighted by Crippen LogP contribution is 2.20. The summed E-state index contributed by atoms with van der Waals surface area (Å²) in [5, 5.41) is 3.27. The molecule has 20 heavy (non-hydrogen) atoms. The standard InChI is InChI=1S/C16H20FNO2/c1-11(2)18-9-13-5-6-14(20-13)10-19-16-8-12(3)4-7-15(16)17/h4-8,11,18H,9-10H2,1-3H3. The van der Waals surface area contributed by atoms with Crippen molar-refractivity contribution >= 4 is 0 Å². The van der Waals surface area contributed by atoms with Crippen LogP contribution in [0.4, 0.5) is 4.39 Å². The number of furan rings is 1. The zero-order valence-corrected chi connectivity index (χ0v) is 12.1. The van der Waals surface area contributed by atoms with Gasteiger partial charge < -0.3 is 14.5 Å². The van der Waals surface area contributed by atoms with E-state index in [1.165, 1.54) is 6.07 Å². The summed E-state index contributed by atoms with van der Waals surface area (Å²) in [6.45, 7) is 6.95. The number of ether oxygens (including phenoxy) is 1. The molecular weight excluding hydrogens is 257 g/mol. The zero-order chi connectivity index (χ0) is 14.5. The van der Waals surface area contributed by atoms with Crippen LogP contribution in [0.1, 0.15) is 30.9 Å². The molecule has 0 aliphatic rings. The summed E-state index contributed by atoms with van der Waals surface area (Å²) in [6.07, 6.45) is 0. The molecule has 0 amide bonds. The van der Waals surface area contributed by atoms with E-state index < -0.39 is 0 Å². The lowest BCUT2D eigenvalue weighted by Crippen LogP contribution is -2.21. The molecule has 1 N–H and O–H groups in total. The van der Waals surface area contributed by atoms with Crippen LogP contribution in [0.2, 0.25) is 0 Å². The Morgan fingerprint density at radius 3 is 2.70 bits per heavy atom. The minimum absolute atomic E-state index is 0.224. The van der Waals surface area contributed by atoms with Gasteiger partial charge in [-0.25, -0.2) is 4.39 Å². The molecule has 1 aromatic heterocycles. The Bertz CT molecular complexity index is 563. The molecule has 0 atom stereocenters. The molecule has 0 saturated heterocycles. The summed E-state index contributed by atoms with van der Waals surface area (Å²) >= 11 is 0. The van der Waals surface area contributed by atoms with Crippen molar-refractivity contribution in [1.29, 1.82) is 0 Å². The highest BCUT2D eigenvalue weighted by Gasteiger charge is 2.07. The van der Waals surface area contributed by atoms with Crippen molar-refractivity contribution in [2.45, 2.75) is 40.0 Å². The maximum Gasteiger partial charge on any atom is 0.165 e. The van der Waals surface area contributed by atoms with Crippen LogP contribution in [0.5, 0.6) is 5.75 Å². The number of halogens is 1. The molecule has 0 bridgehead atoms. The van der Waals surface area contributed by atoms with Gasteiger partial charge in [-0.3, -0.25) is 0 Å². The maximum absolute atomic E-state index is 13.5. The van der Waals surface area contributed by atoms with Crippen LogP contribution in [0, 0.1) is 12.7 Å². The predicted molar refractivity (Wildman–Crippen MR) is 76.2 cm³/mol. The van der Waals surface area contributed by atoms with E-state index in [0.29, 0.717) is 18.3 Å². The fourth-order valence-corrected chi connectivity index (χ4v) is 1.77. The number of aryl methyl sites for hydroxylation is 1. The van der Waals surface area contributed by atoms with Gasteiger partial charge in [-0.15, -0.1) is 0 Å². The summed E-state index contributed by atoms with van der Waals surface area (Å²) < 4.78 is 24.6. The van der Waals surface area contributed by atoms with E-state index in [4.69, 9.17) is 9.15 Å². The van der Waals surface area contributed by atoms with Crippen molar-refractivity contribution in [2.24, 2.45) is 0 Å². The number of rotatable bonds is 6. The van der Waals surface area contributed by atoms with Gasteiger partial charge in [0.25, 0.3) is 0 Å². The van der Waals surface area contributed by atoms with Gasteiger partial charge in [-0.05, 0) is 36.8 Å². The van der Waals surface area contributed by atoms with Gasteiger partial charge in [0.1, 0.15) is 18.1 Å². The third kappa shape index (κ3) is 4.10. The molecule has 0 aliphatic heterocycles. The van der Waals surface area contributed by atoms with E-state index in [2.05, 4.69) is 19.2 Å². The van der Waals surface area contributed by atoms with Crippen molar-refractivity contribution in [3.8, 4) is 5.75 Å². The van der Waals surface area contributed by atoms with Gasteiger partial charge in [0.05, 0.1) is 6.54 Å². The topological polar surface area (TPSA) is 34.4 Å². The Morgan fingerprint density at radius 1 is 1.20 bits per heavy atom. The molecule has 0 saturated carbocycles. The second-order valence-electron chi connectivity index (χ2n) is 5.13. The van der Waals surface area contributed by atoms with E-state index in [-0.39, 0.29) is 18.2 Å². The minimum atomic E-state index is -0.358. The Labute approximate surface area is 118 Å². The highest BCUT2D eigenvalue weighted by molar-refractivity contribution is 5.29. The molecular formula is C16H20FNO2. The normalized spacial score (nSPS) is 11.1. The lowest BCUT2D eigenvalue weighted by Gasteiger charge is -2.07. The number of benzene rings is 1. The Balaban J connectivity index is 1.92. The summed E-state index contributed by atoms with van der Waals surface area (Å²) in [6, 6.07) is 8.96. The average molecular weight is 277 g/mol. The van der Waals surface area contributed by atoms with Crippen molar-refractivity contribution in [3.63, 3.8) is 0 Å². The molecule has 0 fully saturated rings. The monoisotopic (exact) mass is 277 g/mol. The molecule has 108 valence electrons. The van der Waals surface area contributed by atoms with Gasteiger partial charge in [0, 0.05) is 6.04 Å². The SMILES string of the molecule is Cc1ccc(F)c(OCc2ccc(CNC(C)C)o2)c1. The molecule has 1 aromatic carbocycles. The first-order valence-electron chi connectivity index (χ1n) is 6.74. The van der Waals surface area contributed by atoms with Crippen LogP contribution >= 0.6 is 0 Å². The smallest absolute Gasteiger partial charge is 0.165 e. The summed E-state index contributed by atoms with van der Waals surface area (Å²) in [5.41, 5.74) is 0.961. The van der Waals surface area contributed by atoms with Crippen molar-refractivity contribution in [1.82, 2.24) is 5.32 Å². The van der Waals surface area contributed by atoms with E-state index >= 15 is 0 Å². The summed E-state index contributed by atoms with van der Waals surface area (Å²) in [4.78, 5) is 0. The van der Waals surface area contributed by atoms with Crippen LogP contribution in [-0.2, 0) is 13.2 Å². The van der Waals surface area contributed by atoms with Gasteiger partial charge in [0.15, 0.2) is 11.6 Å². The third-order valence-electron chi connectivity index (χ3n) is 2.86. The van der Waals surface area contributed by atoms with Crippen molar-refractivity contribution in [2.75, 3.05) is 0 Å². The highest BCUT2D eigenvalue weighted by atomic mass is 19.1. The Hall–Kier alpha value is -1.81. The lowest BCUT2D eigenvalue weighted by molar-refractivity contribution is 0.253. The van der Waals surface area contributed by atoms with E-state index in [0.717, 1.165) is 11.3 Å². The first-order valence-corrected chi connectivity index (χ1v) is 6.74. The van der Waals surface area contributed by atoms with Crippen LogP contribution < -0.4 is 10.1 Å². The van der Waals surface area contributed by atoms with Crippen LogP contribution in [0.15, 0.2) is 34.7 Å². The molecule has 1 heterocycles. The van der Waals surface area contributed by atoms with Gasteiger partial charge in [-0.1, -0.05) is 19.9 Å². The van der Waals surface area contributed by atoms with Gasteiger partial charge >= 0.3 is 0 Å². The Kier molecular flexibility index (Phi) is 4.79. The fourth-order valence-electron chi connectivity index (χ4n) is 1.77. The van der Waals surface area contributed by atoms with Crippen molar-refractivity contribution in [3.05, 3.63) is 53.2 Å². The van der Waals surface area contributed by atoms with E-state index in [1.807, 2.05) is 19.1 Å². The van der Waals surface area contributed by atoms with Crippen molar-refractivity contribution < 1.29 is 13.5 Å². The first kappa shape index (κ1) is 14.6. The Morgan fingerprint density at radius 2 is 1.95 bits per heavy atom. The second-order valence-corrected chi connectivity index (χ2v) is 5.13.